The summed E-state index contributed by atoms with van der Waals surface area (Å²) in [6, 6.07) is 2.09. The molecular weight excluding hydrogens is 281 g/mol. The van der Waals surface area contributed by atoms with Gasteiger partial charge in [-0.3, -0.25) is 9.48 Å². The lowest BCUT2D eigenvalue weighted by Gasteiger charge is -2.14. The Hall–Kier alpha value is -2.11. The number of Topliss-reactive ketones (excluding diaryl/α,β-unsaturated/α-hetero) is 1. The SMILES string of the molecule is Cc1nn(Cc2ccc(F)c(F)c2F)c2c1C(=O)CCC2. The molecule has 2 aromatic rings. The molecule has 21 heavy (non-hydrogen) atoms. The van der Waals surface area contributed by atoms with Crippen LogP contribution in [0.1, 0.15) is 40.2 Å². The molecule has 0 spiro atoms. The summed E-state index contributed by atoms with van der Waals surface area (Å²) in [6.07, 6.45) is 1.88. The normalized spacial score (nSPS) is 14.4. The lowest BCUT2D eigenvalue weighted by Crippen LogP contribution is -2.15. The number of fused-ring (bicyclic) bond motifs is 1. The molecule has 1 aromatic carbocycles. The van der Waals surface area contributed by atoms with Gasteiger partial charge in [0.25, 0.3) is 0 Å². The van der Waals surface area contributed by atoms with Gasteiger partial charge < -0.3 is 0 Å². The Bertz CT molecular complexity index is 737. The van der Waals surface area contributed by atoms with Gasteiger partial charge in [-0.2, -0.15) is 5.10 Å². The molecule has 0 atom stereocenters. The number of carbonyl (C=O) groups is 1. The predicted molar refractivity (Wildman–Crippen MR) is 69.7 cm³/mol. The Morgan fingerprint density at radius 3 is 2.71 bits per heavy atom. The number of rotatable bonds is 2. The molecule has 0 fully saturated rings. The van der Waals surface area contributed by atoms with Gasteiger partial charge in [0.05, 0.1) is 17.8 Å². The maximum atomic E-state index is 13.7. The molecule has 0 N–H and O–H groups in total. The maximum absolute atomic E-state index is 13.7. The lowest BCUT2D eigenvalue weighted by atomic mass is 9.94. The standard InChI is InChI=1S/C15H13F3N2O/c1-8-13-11(3-2-4-12(13)21)20(19-8)7-9-5-6-10(16)15(18)14(9)17/h5-6H,2-4,7H2,1H3. The molecule has 0 saturated heterocycles. The zero-order valence-electron chi connectivity index (χ0n) is 11.4. The molecule has 1 aromatic heterocycles. The highest BCUT2D eigenvalue weighted by molar-refractivity contribution is 5.99. The van der Waals surface area contributed by atoms with Crippen LogP contribution < -0.4 is 0 Å². The van der Waals surface area contributed by atoms with Gasteiger partial charge in [0.2, 0.25) is 0 Å². The summed E-state index contributed by atoms with van der Waals surface area (Å²) in [4.78, 5) is 11.9. The van der Waals surface area contributed by atoms with Gasteiger partial charge in [0.15, 0.2) is 23.2 Å². The molecular formula is C15H13F3N2O. The quantitative estimate of drug-likeness (QED) is 0.797. The minimum atomic E-state index is -1.48. The topological polar surface area (TPSA) is 34.9 Å². The Morgan fingerprint density at radius 2 is 1.95 bits per heavy atom. The van der Waals surface area contributed by atoms with E-state index in [-0.39, 0.29) is 17.9 Å². The molecule has 3 nitrogen and oxygen atoms in total. The van der Waals surface area contributed by atoms with E-state index in [0.717, 1.165) is 18.2 Å². The first-order chi connectivity index (χ1) is 9.99. The summed E-state index contributed by atoms with van der Waals surface area (Å²) in [6.45, 7) is 1.70. The van der Waals surface area contributed by atoms with E-state index in [1.807, 2.05) is 0 Å². The van der Waals surface area contributed by atoms with Gasteiger partial charge >= 0.3 is 0 Å². The van der Waals surface area contributed by atoms with Gasteiger partial charge in [-0.15, -0.1) is 0 Å². The number of aryl methyl sites for hydroxylation is 1. The second-order valence-corrected chi connectivity index (χ2v) is 5.18. The van der Waals surface area contributed by atoms with Crippen LogP contribution >= 0.6 is 0 Å². The van der Waals surface area contributed by atoms with Crippen molar-refractivity contribution in [1.82, 2.24) is 9.78 Å². The third-order valence-electron chi connectivity index (χ3n) is 3.76. The van der Waals surface area contributed by atoms with E-state index in [0.29, 0.717) is 24.1 Å². The van der Waals surface area contributed by atoms with Crippen molar-refractivity contribution in [2.45, 2.75) is 32.7 Å². The first kappa shape index (κ1) is 13.9. The third-order valence-corrected chi connectivity index (χ3v) is 3.76. The molecule has 0 unspecified atom stereocenters. The first-order valence-corrected chi connectivity index (χ1v) is 6.71. The highest BCUT2D eigenvalue weighted by atomic mass is 19.2. The van der Waals surface area contributed by atoms with E-state index in [2.05, 4.69) is 5.10 Å². The van der Waals surface area contributed by atoms with Crippen molar-refractivity contribution in [3.63, 3.8) is 0 Å². The number of nitrogens with zero attached hydrogens (tertiary/aromatic N) is 2. The Kier molecular flexibility index (Phi) is 3.31. The van der Waals surface area contributed by atoms with Crippen LogP contribution in [0.2, 0.25) is 0 Å². The van der Waals surface area contributed by atoms with Crippen LogP contribution in [0.4, 0.5) is 13.2 Å². The van der Waals surface area contributed by atoms with Crippen LogP contribution in [-0.2, 0) is 13.0 Å². The van der Waals surface area contributed by atoms with Gasteiger partial charge in [0.1, 0.15) is 0 Å². The van der Waals surface area contributed by atoms with Crippen LogP contribution in [0.25, 0.3) is 0 Å². The Balaban J connectivity index is 2.02. The second-order valence-electron chi connectivity index (χ2n) is 5.18. The summed E-state index contributed by atoms with van der Waals surface area (Å²) < 4.78 is 41.5. The van der Waals surface area contributed by atoms with E-state index in [9.17, 15) is 18.0 Å². The van der Waals surface area contributed by atoms with Gasteiger partial charge in [-0.1, -0.05) is 6.07 Å². The minimum Gasteiger partial charge on any atom is -0.294 e. The fourth-order valence-corrected chi connectivity index (χ4v) is 2.77. The van der Waals surface area contributed by atoms with Crippen molar-refractivity contribution in [2.75, 3.05) is 0 Å². The van der Waals surface area contributed by atoms with E-state index >= 15 is 0 Å². The van der Waals surface area contributed by atoms with Gasteiger partial charge in [-0.25, -0.2) is 13.2 Å². The van der Waals surface area contributed by atoms with Gasteiger partial charge in [0, 0.05) is 17.7 Å². The number of benzene rings is 1. The third kappa shape index (κ3) is 2.24. The largest absolute Gasteiger partial charge is 0.294 e. The van der Waals surface area contributed by atoms with Crippen LogP contribution in [-0.4, -0.2) is 15.6 Å². The van der Waals surface area contributed by atoms with E-state index in [1.165, 1.54) is 10.7 Å². The number of hydrogen-bond donors (Lipinski definition) is 0. The molecule has 1 aliphatic carbocycles. The van der Waals surface area contributed by atoms with E-state index < -0.39 is 17.5 Å². The molecule has 6 heteroatoms. The van der Waals surface area contributed by atoms with Crippen molar-refractivity contribution in [1.29, 1.82) is 0 Å². The highest BCUT2D eigenvalue weighted by Gasteiger charge is 2.25. The average molecular weight is 294 g/mol. The van der Waals surface area contributed by atoms with Crippen LogP contribution in [0, 0.1) is 24.4 Å². The molecule has 110 valence electrons. The molecule has 3 rings (SSSR count). The summed E-state index contributed by atoms with van der Waals surface area (Å²) in [7, 11) is 0. The fraction of sp³-hybridized carbons (Fsp3) is 0.333. The number of hydrogen-bond acceptors (Lipinski definition) is 2. The lowest BCUT2D eigenvalue weighted by molar-refractivity contribution is 0.0971. The molecule has 0 bridgehead atoms. The van der Waals surface area contributed by atoms with E-state index in [1.54, 1.807) is 6.92 Å². The molecule has 1 aliphatic rings. The zero-order valence-corrected chi connectivity index (χ0v) is 11.4. The maximum Gasteiger partial charge on any atom is 0.194 e. The average Bonchev–Trinajstić information content (AvgIpc) is 2.77. The summed E-state index contributed by atoms with van der Waals surface area (Å²) >= 11 is 0. The zero-order chi connectivity index (χ0) is 15.1. The van der Waals surface area contributed by atoms with Gasteiger partial charge in [-0.05, 0) is 25.8 Å². The molecule has 0 amide bonds. The smallest absolute Gasteiger partial charge is 0.194 e. The monoisotopic (exact) mass is 294 g/mol. The highest BCUT2D eigenvalue weighted by Crippen LogP contribution is 2.25. The second kappa shape index (κ2) is 5.02. The summed E-state index contributed by atoms with van der Waals surface area (Å²) in [5, 5.41) is 4.24. The summed E-state index contributed by atoms with van der Waals surface area (Å²) in [5.41, 5.74) is 1.94. The van der Waals surface area contributed by atoms with Crippen molar-refractivity contribution < 1.29 is 18.0 Å². The number of carbonyl (C=O) groups excluding carboxylic acids is 1. The molecule has 0 radical (unpaired) electrons. The first-order valence-electron chi connectivity index (χ1n) is 6.71. The minimum absolute atomic E-state index is 0.0113. The van der Waals surface area contributed by atoms with Crippen molar-refractivity contribution in [3.05, 3.63) is 52.1 Å². The Morgan fingerprint density at radius 1 is 1.19 bits per heavy atom. The number of aromatic nitrogens is 2. The van der Waals surface area contributed by atoms with E-state index in [4.69, 9.17) is 0 Å². The Labute approximate surface area is 119 Å². The molecule has 0 saturated carbocycles. The predicted octanol–water partition coefficient (Wildman–Crippen LogP) is 3.18. The summed E-state index contributed by atoms with van der Waals surface area (Å²) in [5.74, 6) is -3.88. The number of halogens is 3. The number of ketones is 1. The van der Waals surface area contributed by atoms with Crippen LogP contribution in [0.3, 0.4) is 0 Å². The van der Waals surface area contributed by atoms with Crippen molar-refractivity contribution in [2.24, 2.45) is 0 Å². The van der Waals surface area contributed by atoms with Crippen molar-refractivity contribution >= 4 is 5.78 Å². The van der Waals surface area contributed by atoms with Crippen LogP contribution in [0.15, 0.2) is 12.1 Å². The molecule has 1 heterocycles. The van der Waals surface area contributed by atoms with Crippen molar-refractivity contribution in [3.8, 4) is 0 Å². The fourth-order valence-electron chi connectivity index (χ4n) is 2.77. The molecule has 0 aliphatic heterocycles. The van der Waals surface area contributed by atoms with Crippen LogP contribution in [0.5, 0.6) is 0 Å².